The fourth-order valence-electron chi connectivity index (χ4n) is 3.49. The van der Waals surface area contributed by atoms with Crippen molar-refractivity contribution in [1.29, 1.82) is 0 Å². The van der Waals surface area contributed by atoms with Crippen LogP contribution in [0.15, 0.2) is 24.3 Å². The number of nitrogens with one attached hydrogen (secondary N) is 1. The van der Waals surface area contributed by atoms with Crippen LogP contribution in [0.3, 0.4) is 0 Å². The second-order valence-electron chi connectivity index (χ2n) is 7.38. The van der Waals surface area contributed by atoms with E-state index in [-0.39, 0.29) is 11.9 Å². The fraction of sp³-hybridized carbons (Fsp3) is 0.500. The van der Waals surface area contributed by atoms with Crippen LogP contribution >= 0.6 is 0 Å². The molecule has 1 aromatic carbocycles. The van der Waals surface area contributed by atoms with E-state index in [2.05, 4.69) is 56.1 Å². The number of amides is 1. The van der Waals surface area contributed by atoms with Gasteiger partial charge in [-0.3, -0.25) is 9.89 Å². The summed E-state index contributed by atoms with van der Waals surface area (Å²) < 4.78 is 0. The van der Waals surface area contributed by atoms with E-state index in [0.717, 1.165) is 31.5 Å². The highest BCUT2D eigenvalue weighted by Gasteiger charge is 2.31. The molecule has 1 N–H and O–H groups in total. The lowest BCUT2D eigenvalue weighted by Crippen LogP contribution is -2.30. The van der Waals surface area contributed by atoms with Crippen LogP contribution < -0.4 is 0 Å². The lowest BCUT2D eigenvalue weighted by atomic mass is 9.99. The van der Waals surface area contributed by atoms with Crippen LogP contribution in [-0.2, 0) is 6.42 Å². The molecule has 1 aliphatic heterocycles. The van der Waals surface area contributed by atoms with Crippen LogP contribution in [-0.4, -0.2) is 27.5 Å². The number of hydrogen-bond donors (Lipinski definition) is 1. The number of aryl methyl sites for hydroxylation is 2. The fourth-order valence-corrected chi connectivity index (χ4v) is 3.49. The van der Waals surface area contributed by atoms with E-state index < -0.39 is 0 Å². The van der Waals surface area contributed by atoms with Crippen LogP contribution in [0.4, 0.5) is 0 Å². The molecule has 1 atom stereocenters. The Labute approximate surface area is 144 Å². The van der Waals surface area contributed by atoms with E-state index in [1.165, 1.54) is 16.7 Å². The first kappa shape index (κ1) is 16.7. The number of benzene rings is 1. The first-order valence-corrected chi connectivity index (χ1v) is 8.88. The molecule has 0 bridgehead atoms. The van der Waals surface area contributed by atoms with Gasteiger partial charge in [-0.1, -0.05) is 32.0 Å². The van der Waals surface area contributed by atoms with Crippen molar-refractivity contribution in [3.05, 3.63) is 52.3 Å². The monoisotopic (exact) mass is 325 g/mol. The Hall–Kier alpha value is -2.10. The van der Waals surface area contributed by atoms with Gasteiger partial charge in [-0.05, 0) is 61.8 Å². The van der Waals surface area contributed by atoms with Crippen molar-refractivity contribution in [2.45, 2.75) is 53.0 Å². The maximum atomic E-state index is 12.9. The lowest BCUT2D eigenvalue weighted by Gasteiger charge is -2.25. The normalized spacial score (nSPS) is 17.7. The Kier molecular flexibility index (Phi) is 4.74. The first-order chi connectivity index (χ1) is 11.5. The van der Waals surface area contributed by atoms with Crippen molar-refractivity contribution in [2.75, 3.05) is 6.54 Å². The molecule has 1 fully saturated rings. The molecule has 1 unspecified atom stereocenters. The molecule has 4 heteroatoms. The van der Waals surface area contributed by atoms with Crippen molar-refractivity contribution in [3.63, 3.8) is 0 Å². The molecule has 0 saturated carbocycles. The van der Waals surface area contributed by atoms with Gasteiger partial charge in [0.2, 0.25) is 0 Å². The molecule has 1 aliphatic rings. The van der Waals surface area contributed by atoms with Crippen LogP contribution in [0.1, 0.15) is 65.6 Å². The number of likely N-dealkylation sites (tertiary alicyclic amines) is 1. The topological polar surface area (TPSA) is 49.0 Å². The van der Waals surface area contributed by atoms with Gasteiger partial charge in [0.25, 0.3) is 5.91 Å². The Morgan fingerprint density at radius 2 is 2.08 bits per heavy atom. The summed E-state index contributed by atoms with van der Waals surface area (Å²) in [7, 11) is 0. The van der Waals surface area contributed by atoms with Gasteiger partial charge in [0, 0.05) is 12.2 Å². The number of carbonyl (C=O) groups excluding carboxylic acids is 1. The molecule has 0 aliphatic carbocycles. The van der Waals surface area contributed by atoms with Crippen LogP contribution in [0.2, 0.25) is 0 Å². The van der Waals surface area contributed by atoms with E-state index in [4.69, 9.17) is 0 Å². The van der Waals surface area contributed by atoms with Gasteiger partial charge in [-0.15, -0.1) is 0 Å². The van der Waals surface area contributed by atoms with Gasteiger partial charge in [-0.2, -0.15) is 5.10 Å². The number of aromatic nitrogens is 2. The molecular formula is C20H27N3O. The largest absolute Gasteiger partial charge is 0.330 e. The molecule has 2 aromatic rings. The summed E-state index contributed by atoms with van der Waals surface area (Å²) >= 11 is 0. The van der Waals surface area contributed by atoms with Crippen molar-refractivity contribution in [1.82, 2.24) is 15.1 Å². The molecule has 128 valence electrons. The maximum absolute atomic E-state index is 12.9. The highest BCUT2D eigenvalue weighted by atomic mass is 16.2. The molecule has 2 heterocycles. The average Bonchev–Trinajstić information content (AvgIpc) is 3.18. The van der Waals surface area contributed by atoms with Gasteiger partial charge >= 0.3 is 0 Å². The summed E-state index contributed by atoms with van der Waals surface area (Å²) in [5, 5.41) is 7.27. The standard InChI is InChI=1S/C20H27N3O/c1-13(2)10-17-12-18(22-21-17)20(24)23-9-5-6-19(23)16-8-7-14(3)15(4)11-16/h7-8,11-13,19H,5-6,9-10H2,1-4H3,(H,21,22). The molecule has 1 saturated heterocycles. The van der Waals surface area contributed by atoms with Crippen molar-refractivity contribution >= 4 is 5.91 Å². The maximum Gasteiger partial charge on any atom is 0.274 e. The summed E-state index contributed by atoms with van der Waals surface area (Å²) in [6.07, 6.45) is 2.99. The van der Waals surface area contributed by atoms with E-state index >= 15 is 0 Å². The van der Waals surface area contributed by atoms with Crippen molar-refractivity contribution < 1.29 is 4.79 Å². The van der Waals surface area contributed by atoms with Crippen molar-refractivity contribution in [2.24, 2.45) is 5.92 Å². The van der Waals surface area contributed by atoms with Gasteiger partial charge in [0.15, 0.2) is 0 Å². The van der Waals surface area contributed by atoms with E-state index in [0.29, 0.717) is 11.6 Å². The second-order valence-corrected chi connectivity index (χ2v) is 7.38. The number of nitrogens with zero attached hydrogens (tertiary/aromatic N) is 2. The van der Waals surface area contributed by atoms with E-state index in [9.17, 15) is 4.79 Å². The van der Waals surface area contributed by atoms with E-state index in [1.807, 2.05) is 11.0 Å². The van der Waals surface area contributed by atoms with Crippen molar-refractivity contribution in [3.8, 4) is 0 Å². The first-order valence-electron chi connectivity index (χ1n) is 8.88. The number of carbonyl (C=O) groups is 1. The Balaban J connectivity index is 1.80. The summed E-state index contributed by atoms with van der Waals surface area (Å²) in [5.74, 6) is 0.588. The van der Waals surface area contributed by atoms with Gasteiger partial charge in [0.05, 0.1) is 6.04 Å². The predicted molar refractivity (Wildman–Crippen MR) is 96.1 cm³/mol. The molecule has 0 radical (unpaired) electrons. The Morgan fingerprint density at radius 1 is 1.29 bits per heavy atom. The molecule has 24 heavy (non-hydrogen) atoms. The molecule has 1 aromatic heterocycles. The summed E-state index contributed by atoms with van der Waals surface area (Å²) in [5.41, 5.74) is 5.39. The van der Waals surface area contributed by atoms with Gasteiger partial charge in [-0.25, -0.2) is 0 Å². The number of rotatable bonds is 4. The van der Waals surface area contributed by atoms with Crippen LogP contribution in [0, 0.1) is 19.8 Å². The summed E-state index contributed by atoms with van der Waals surface area (Å²) in [6, 6.07) is 8.62. The minimum atomic E-state index is 0.0435. The zero-order valence-corrected chi connectivity index (χ0v) is 15.1. The third kappa shape index (κ3) is 3.37. The molecule has 4 nitrogen and oxygen atoms in total. The molecule has 1 amide bonds. The number of aromatic amines is 1. The minimum absolute atomic E-state index is 0.0435. The average molecular weight is 325 g/mol. The minimum Gasteiger partial charge on any atom is -0.330 e. The molecule has 3 rings (SSSR count). The molecular weight excluding hydrogens is 298 g/mol. The van der Waals surface area contributed by atoms with Crippen LogP contribution in [0.25, 0.3) is 0 Å². The Bertz CT molecular complexity index is 732. The summed E-state index contributed by atoms with van der Waals surface area (Å²) in [6.45, 7) is 9.39. The smallest absolute Gasteiger partial charge is 0.274 e. The van der Waals surface area contributed by atoms with Crippen LogP contribution in [0.5, 0.6) is 0 Å². The third-order valence-electron chi connectivity index (χ3n) is 4.91. The Morgan fingerprint density at radius 3 is 2.79 bits per heavy atom. The number of hydrogen-bond acceptors (Lipinski definition) is 2. The highest BCUT2D eigenvalue weighted by molar-refractivity contribution is 5.92. The molecule has 0 spiro atoms. The zero-order chi connectivity index (χ0) is 17.3. The second kappa shape index (κ2) is 6.80. The lowest BCUT2D eigenvalue weighted by molar-refractivity contribution is 0.0729. The van der Waals surface area contributed by atoms with Gasteiger partial charge in [0.1, 0.15) is 5.69 Å². The SMILES string of the molecule is Cc1ccc(C2CCCN2C(=O)c2cc(CC(C)C)[nH]n2)cc1C. The zero-order valence-electron chi connectivity index (χ0n) is 15.1. The predicted octanol–water partition coefficient (Wildman–Crippen LogP) is 4.20. The third-order valence-corrected chi connectivity index (χ3v) is 4.91. The number of H-pyrrole nitrogens is 1. The quantitative estimate of drug-likeness (QED) is 0.915. The summed E-state index contributed by atoms with van der Waals surface area (Å²) in [4.78, 5) is 14.9. The van der Waals surface area contributed by atoms with E-state index in [1.54, 1.807) is 0 Å². The highest BCUT2D eigenvalue weighted by Crippen LogP contribution is 2.33. The van der Waals surface area contributed by atoms with Gasteiger partial charge < -0.3 is 4.90 Å².